The minimum absolute atomic E-state index is 0.242. The average molecular weight is 349 g/mol. The molecule has 0 amide bonds. The van der Waals surface area contributed by atoms with E-state index in [1.807, 2.05) is 31.2 Å². The van der Waals surface area contributed by atoms with E-state index in [0.717, 1.165) is 5.56 Å². The lowest BCUT2D eigenvalue weighted by molar-refractivity contribution is 0.625. The van der Waals surface area contributed by atoms with Gasteiger partial charge in [-0.15, -0.1) is 0 Å². The van der Waals surface area contributed by atoms with Gasteiger partial charge in [-0.1, -0.05) is 18.2 Å². The lowest BCUT2D eigenvalue weighted by atomic mass is 10.2. The number of benzene rings is 2. The van der Waals surface area contributed by atoms with Crippen LogP contribution in [0.15, 0.2) is 64.2 Å². The maximum atomic E-state index is 13.5. The number of aromatic nitrogens is 3. The van der Waals surface area contributed by atoms with Gasteiger partial charge in [-0.2, -0.15) is 0 Å². The van der Waals surface area contributed by atoms with Gasteiger partial charge in [-0.05, 0) is 49.7 Å². The lowest BCUT2D eigenvalue weighted by Crippen LogP contribution is -2.21. The van der Waals surface area contributed by atoms with Gasteiger partial charge >= 0.3 is 0 Å². The van der Waals surface area contributed by atoms with Crippen molar-refractivity contribution < 1.29 is 4.39 Å². The van der Waals surface area contributed by atoms with Crippen LogP contribution in [-0.2, 0) is 0 Å². The summed E-state index contributed by atoms with van der Waals surface area (Å²) in [5, 5.41) is 3.30. The molecule has 0 aliphatic heterocycles. The van der Waals surface area contributed by atoms with Crippen LogP contribution >= 0.6 is 0 Å². The first-order chi connectivity index (χ1) is 12.5. The van der Waals surface area contributed by atoms with Crippen LogP contribution in [0.5, 0.6) is 0 Å². The van der Waals surface area contributed by atoms with E-state index in [0.29, 0.717) is 28.0 Å². The Morgan fingerprint density at radius 2 is 1.65 bits per heavy atom. The number of fused-ring (bicyclic) bond motifs is 1. The molecule has 0 aliphatic rings. The Balaban J connectivity index is 2.03. The zero-order chi connectivity index (χ0) is 18.4. The number of rotatable bonds is 2. The number of nitrogens with one attached hydrogen (secondary N) is 1. The Morgan fingerprint density at radius 3 is 2.38 bits per heavy atom. The van der Waals surface area contributed by atoms with Gasteiger partial charge in [-0.25, -0.2) is 9.07 Å². The second-order valence-corrected chi connectivity index (χ2v) is 6.26. The fraction of sp³-hybridized carbons (Fsp3) is 0.100. The van der Waals surface area contributed by atoms with Gasteiger partial charge in [0.25, 0.3) is 11.1 Å². The zero-order valence-electron chi connectivity index (χ0n) is 14.3. The van der Waals surface area contributed by atoms with Crippen molar-refractivity contribution in [3.05, 3.63) is 92.4 Å². The summed E-state index contributed by atoms with van der Waals surface area (Å²) in [6, 6.07) is 14.6. The van der Waals surface area contributed by atoms with Crippen LogP contribution in [0.4, 0.5) is 4.39 Å². The van der Waals surface area contributed by atoms with Gasteiger partial charge in [0, 0.05) is 17.4 Å². The second-order valence-electron chi connectivity index (χ2n) is 6.26. The van der Waals surface area contributed by atoms with Crippen LogP contribution < -0.4 is 11.1 Å². The third-order valence-corrected chi connectivity index (χ3v) is 4.43. The van der Waals surface area contributed by atoms with Crippen molar-refractivity contribution in [2.24, 2.45) is 0 Å². The molecule has 0 saturated heterocycles. The Kier molecular flexibility index (Phi) is 3.61. The Labute approximate surface area is 147 Å². The fourth-order valence-corrected chi connectivity index (χ4v) is 3.26. The number of halogens is 1. The van der Waals surface area contributed by atoms with Crippen molar-refractivity contribution in [3.63, 3.8) is 0 Å². The first-order valence-electron chi connectivity index (χ1n) is 8.16. The van der Waals surface area contributed by atoms with Crippen molar-refractivity contribution in [1.82, 2.24) is 14.3 Å². The first kappa shape index (κ1) is 16.1. The number of aryl methyl sites for hydroxylation is 2. The summed E-state index contributed by atoms with van der Waals surface area (Å²) in [4.78, 5) is 25.6. The van der Waals surface area contributed by atoms with Gasteiger partial charge in [0.05, 0.1) is 16.6 Å². The summed E-state index contributed by atoms with van der Waals surface area (Å²) < 4.78 is 16.3. The topological polar surface area (TPSA) is 59.8 Å². The fourth-order valence-electron chi connectivity index (χ4n) is 3.26. The molecular weight excluding hydrogens is 333 g/mol. The van der Waals surface area contributed by atoms with E-state index in [1.165, 1.54) is 33.5 Å². The van der Waals surface area contributed by atoms with Crippen LogP contribution in [0.2, 0.25) is 0 Å². The van der Waals surface area contributed by atoms with Gasteiger partial charge in [0.2, 0.25) is 0 Å². The third kappa shape index (κ3) is 2.47. The zero-order valence-corrected chi connectivity index (χ0v) is 14.3. The molecule has 0 saturated carbocycles. The van der Waals surface area contributed by atoms with Crippen molar-refractivity contribution in [3.8, 4) is 11.4 Å². The molecule has 0 aliphatic carbocycles. The van der Waals surface area contributed by atoms with E-state index in [-0.39, 0.29) is 11.1 Å². The summed E-state index contributed by atoms with van der Waals surface area (Å²) in [6.07, 6.45) is 0. The maximum Gasteiger partial charge on any atom is 0.280 e. The van der Waals surface area contributed by atoms with Crippen LogP contribution in [-0.4, -0.2) is 14.3 Å². The lowest BCUT2D eigenvalue weighted by Gasteiger charge is -2.10. The van der Waals surface area contributed by atoms with Crippen molar-refractivity contribution in [2.75, 3.05) is 0 Å². The van der Waals surface area contributed by atoms with E-state index in [9.17, 15) is 14.0 Å². The molecule has 0 bridgehead atoms. The Bertz CT molecular complexity index is 1260. The average Bonchev–Trinajstić information content (AvgIpc) is 2.91. The normalized spacial score (nSPS) is 11.2. The highest BCUT2D eigenvalue weighted by atomic mass is 19.1. The molecule has 5 nitrogen and oxygen atoms in total. The van der Waals surface area contributed by atoms with Crippen LogP contribution in [0.1, 0.15) is 11.3 Å². The van der Waals surface area contributed by atoms with Crippen LogP contribution in [0.25, 0.3) is 22.3 Å². The first-order valence-corrected chi connectivity index (χ1v) is 8.16. The van der Waals surface area contributed by atoms with Crippen molar-refractivity contribution in [2.45, 2.75) is 13.8 Å². The molecule has 0 spiro atoms. The predicted molar refractivity (Wildman–Crippen MR) is 98.9 cm³/mol. The molecule has 6 heteroatoms. The molecule has 2 heterocycles. The molecule has 0 radical (unpaired) electrons. The Morgan fingerprint density at radius 1 is 0.923 bits per heavy atom. The van der Waals surface area contributed by atoms with Gasteiger partial charge in [-0.3, -0.25) is 19.3 Å². The van der Waals surface area contributed by atoms with Gasteiger partial charge in [0.15, 0.2) is 0 Å². The molecule has 0 unspecified atom stereocenters. The smallest absolute Gasteiger partial charge is 0.280 e. The highest BCUT2D eigenvalue weighted by Gasteiger charge is 2.16. The molecule has 2 aromatic heterocycles. The summed E-state index contributed by atoms with van der Waals surface area (Å²) >= 11 is 0. The van der Waals surface area contributed by atoms with Crippen LogP contribution in [0.3, 0.4) is 0 Å². The van der Waals surface area contributed by atoms with Crippen LogP contribution in [0, 0.1) is 19.7 Å². The van der Waals surface area contributed by atoms with Gasteiger partial charge < -0.3 is 0 Å². The number of hydrogen-bond donors (Lipinski definition) is 1. The molecular formula is C20H16FN3O2. The number of pyridine rings is 1. The molecule has 4 rings (SSSR count). The molecule has 1 N–H and O–H groups in total. The SMILES string of the molecule is Cc1cccc(-n2c(C)c3c(=O)n(-c4cccc(F)c4)[nH]c3cc2=O)c1. The summed E-state index contributed by atoms with van der Waals surface area (Å²) in [5.74, 6) is -0.441. The van der Waals surface area contributed by atoms with Crippen molar-refractivity contribution >= 4 is 10.9 Å². The van der Waals surface area contributed by atoms with Gasteiger partial charge in [0.1, 0.15) is 5.82 Å². The maximum absolute atomic E-state index is 13.5. The highest BCUT2D eigenvalue weighted by molar-refractivity contribution is 5.81. The summed E-state index contributed by atoms with van der Waals surface area (Å²) in [7, 11) is 0. The molecule has 2 aromatic carbocycles. The van der Waals surface area contributed by atoms with E-state index in [2.05, 4.69) is 5.10 Å². The molecule has 4 aromatic rings. The molecule has 26 heavy (non-hydrogen) atoms. The quantitative estimate of drug-likeness (QED) is 0.604. The highest BCUT2D eigenvalue weighted by Crippen LogP contribution is 2.17. The monoisotopic (exact) mass is 349 g/mol. The number of aromatic amines is 1. The standard InChI is InChI=1S/C20H16FN3O2/c1-12-5-3-7-15(9-12)23-13(2)19-17(11-18(23)25)22-24(20(19)26)16-8-4-6-14(21)10-16/h3-11,22H,1-2H3. The largest absolute Gasteiger partial charge is 0.290 e. The molecule has 130 valence electrons. The minimum Gasteiger partial charge on any atom is -0.290 e. The number of nitrogens with zero attached hydrogens (tertiary/aromatic N) is 2. The van der Waals surface area contributed by atoms with E-state index in [1.54, 1.807) is 13.0 Å². The van der Waals surface area contributed by atoms with E-state index in [4.69, 9.17) is 0 Å². The Hall–Kier alpha value is -3.41. The van der Waals surface area contributed by atoms with E-state index >= 15 is 0 Å². The van der Waals surface area contributed by atoms with Crippen molar-refractivity contribution in [1.29, 1.82) is 0 Å². The summed E-state index contributed by atoms with van der Waals surface area (Å²) in [5.41, 5.74) is 2.48. The third-order valence-electron chi connectivity index (χ3n) is 4.43. The number of hydrogen-bond acceptors (Lipinski definition) is 2. The molecule has 0 atom stereocenters. The predicted octanol–water partition coefficient (Wildman–Crippen LogP) is 3.23. The van der Waals surface area contributed by atoms with E-state index < -0.39 is 5.82 Å². The minimum atomic E-state index is -0.441. The second kappa shape index (κ2) is 5.84. The number of H-pyrrole nitrogens is 1. The molecule has 0 fully saturated rings. The summed E-state index contributed by atoms with van der Waals surface area (Å²) in [6.45, 7) is 3.67.